The van der Waals surface area contributed by atoms with Crippen molar-refractivity contribution in [2.45, 2.75) is 39.5 Å². The summed E-state index contributed by atoms with van der Waals surface area (Å²) in [6, 6.07) is 2.11. The molecule has 0 spiro atoms. The molecule has 96 valence electrons. The van der Waals surface area contributed by atoms with Crippen molar-refractivity contribution in [2.75, 3.05) is 13.2 Å². The average Bonchev–Trinajstić information content (AvgIpc) is 2.66. The summed E-state index contributed by atoms with van der Waals surface area (Å²) in [5, 5.41) is 0. The van der Waals surface area contributed by atoms with Crippen LogP contribution in [-0.2, 0) is 11.2 Å². The Balaban J connectivity index is 2.15. The second-order valence-corrected chi connectivity index (χ2v) is 4.80. The van der Waals surface area contributed by atoms with Crippen LogP contribution < -0.4 is 0 Å². The third-order valence-electron chi connectivity index (χ3n) is 3.01. The molecule has 0 N–H and O–H groups in total. The number of aryl methyl sites for hydroxylation is 2. The lowest BCUT2D eigenvalue weighted by molar-refractivity contribution is 0.192. The molecule has 0 saturated carbocycles. The fourth-order valence-electron chi connectivity index (χ4n) is 2.05. The van der Waals surface area contributed by atoms with Crippen molar-refractivity contribution in [1.29, 1.82) is 0 Å². The first-order valence-electron chi connectivity index (χ1n) is 6.55. The summed E-state index contributed by atoms with van der Waals surface area (Å²) in [5.41, 5.74) is 2.41. The Labute approximate surface area is 109 Å². The first-order chi connectivity index (χ1) is 8.75. The van der Waals surface area contributed by atoms with Crippen LogP contribution in [-0.4, -0.2) is 13.2 Å². The second-order valence-electron chi connectivity index (χ2n) is 4.80. The molecule has 0 amide bonds. The SMILES string of the molecule is C/C1=C\c2cc(C)c(o2)CCCCC#CCOC1. The van der Waals surface area contributed by atoms with E-state index in [1.165, 1.54) is 5.56 Å². The van der Waals surface area contributed by atoms with Crippen LogP contribution in [0.25, 0.3) is 6.08 Å². The third-order valence-corrected chi connectivity index (χ3v) is 3.01. The largest absolute Gasteiger partial charge is 0.461 e. The monoisotopic (exact) mass is 244 g/mol. The third kappa shape index (κ3) is 3.78. The van der Waals surface area contributed by atoms with Gasteiger partial charge in [0.1, 0.15) is 18.1 Å². The predicted molar refractivity (Wildman–Crippen MR) is 73.2 cm³/mol. The molecule has 2 nitrogen and oxygen atoms in total. The second kappa shape index (κ2) is 6.47. The zero-order chi connectivity index (χ0) is 12.8. The fraction of sp³-hybridized carbons (Fsp3) is 0.500. The lowest BCUT2D eigenvalue weighted by Crippen LogP contribution is -1.96. The molecule has 0 saturated heterocycles. The van der Waals surface area contributed by atoms with Gasteiger partial charge in [-0.1, -0.05) is 5.92 Å². The van der Waals surface area contributed by atoms with Crippen LogP contribution in [0, 0.1) is 18.8 Å². The quantitative estimate of drug-likeness (QED) is 0.649. The minimum Gasteiger partial charge on any atom is -0.461 e. The molecule has 0 unspecified atom stereocenters. The molecular formula is C16H20O2. The summed E-state index contributed by atoms with van der Waals surface area (Å²) in [5.74, 6) is 8.24. The minimum absolute atomic E-state index is 0.521. The molecule has 0 radical (unpaired) electrons. The molecule has 2 rings (SSSR count). The van der Waals surface area contributed by atoms with E-state index in [-0.39, 0.29) is 0 Å². The highest BCUT2D eigenvalue weighted by molar-refractivity contribution is 5.48. The zero-order valence-corrected chi connectivity index (χ0v) is 11.2. The highest BCUT2D eigenvalue weighted by atomic mass is 16.5. The Hall–Kier alpha value is -1.46. The fourth-order valence-corrected chi connectivity index (χ4v) is 2.05. The van der Waals surface area contributed by atoms with Crippen LogP contribution in [0.15, 0.2) is 16.1 Å². The topological polar surface area (TPSA) is 22.4 Å². The van der Waals surface area contributed by atoms with Crippen LogP contribution in [0.1, 0.15) is 43.3 Å². The van der Waals surface area contributed by atoms with Gasteiger partial charge in [0.25, 0.3) is 0 Å². The lowest BCUT2D eigenvalue weighted by Gasteiger charge is -2.01. The summed E-state index contributed by atoms with van der Waals surface area (Å²) in [4.78, 5) is 0. The first kappa shape index (κ1) is 13.0. The van der Waals surface area contributed by atoms with Gasteiger partial charge in [-0.3, -0.25) is 0 Å². The van der Waals surface area contributed by atoms with Crippen molar-refractivity contribution >= 4 is 6.08 Å². The Morgan fingerprint density at radius 1 is 1.17 bits per heavy atom. The zero-order valence-electron chi connectivity index (χ0n) is 11.2. The van der Waals surface area contributed by atoms with Gasteiger partial charge in [-0.2, -0.15) is 0 Å². The van der Waals surface area contributed by atoms with E-state index in [1.54, 1.807) is 0 Å². The number of furan rings is 1. The van der Waals surface area contributed by atoms with Crippen LogP contribution in [0.5, 0.6) is 0 Å². The maximum atomic E-state index is 5.86. The van der Waals surface area contributed by atoms with Crippen molar-refractivity contribution in [1.82, 2.24) is 0 Å². The maximum absolute atomic E-state index is 5.86. The molecule has 0 atom stereocenters. The number of fused-ring (bicyclic) bond motifs is 2. The number of rotatable bonds is 0. The molecule has 2 heterocycles. The molecule has 0 aromatic carbocycles. The van der Waals surface area contributed by atoms with E-state index >= 15 is 0 Å². The van der Waals surface area contributed by atoms with E-state index in [4.69, 9.17) is 9.15 Å². The number of hydrogen-bond donors (Lipinski definition) is 0. The lowest BCUT2D eigenvalue weighted by atomic mass is 10.1. The Bertz CT molecular complexity index is 483. The predicted octanol–water partition coefficient (Wildman–Crippen LogP) is 3.74. The molecule has 2 heteroatoms. The van der Waals surface area contributed by atoms with Crippen LogP contribution >= 0.6 is 0 Å². The van der Waals surface area contributed by atoms with Gasteiger partial charge in [0.15, 0.2) is 0 Å². The van der Waals surface area contributed by atoms with Crippen LogP contribution in [0.2, 0.25) is 0 Å². The normalized spacial score (nSPS) is 20.2. The standard InChI is InChI=1S/C16H20O2/c1-13-10-15-11-14(2)16(18-15)8-6-4-3-5-7-9-17-12-13/h10-11H,3-4,6,8-9,12H2,1-2H3/b13-10+. The van der Waals surface area contributed by atoms with Gasteiger partial charge in [0.05, 0.1) is 6.61 Å². The Morgan fingerprint density at radius 3 is 2.94 bits per heavy atom. The Kier molecular flexibility index (Phi) is 4.66. The summed E-state index contributed by atoms with van der Waals surface area (Å²) >= 11 is 0. The van der Waals surface area contributed by atoms with Crippen molar-refractivity contribution < 1.29 is 9.15 Å². The van der Waals surface area contributed by atoms with Crippen molar-refractivity contribution in [3.8, 4) is 11.8 Å². The van der Waals surface area contributed by atoms with E-state index in [2.05, 4.69) is 37.8 Å². The highest BCUT2D eigenvalue weighted by Gasteiger charge is 2.06. The molecule has 1 aromatic rings. The van der Waals surface area contributed by atoms with Gasteiger partial charge >= 0.3 is 0 Å². The highest BCUT2D eigenvalue weighted by Crippen LogP contribution is 2.19. The molecule has 0 aliphatic carbocycles. The van der Waals surface area contributed by atoms with Gasteiger partial charge in [0.2, 0.25) is 0 Å². The van der Waals surface area contributed by atoms with E-state index in [0.29, 0.717) is 13.2 Å². The maximum Gasteiger partial charge on any atom is 0.127 e. The van der Waals surface area contributed by atoms with Crippen LogP contribution in [0.3, 0.4) is 0 Å². The molecule has 1 aliphatic heterocycles. The average molecular weight is 244 g/mol. The van der Waals surface area contributed by atoms with Gasteiger partial charge in [-0.05, 0) is 50.0 Å². The smallest absolute Gasteiger partial charge is 0.127 e. The van der Waals surface area contributed by atoms with E-state index in [1.807, 2.05) is 0 Å². The van der Waals surface area contributed by atoms with Crippen LogP contribution in [0.4, 0.5) is 0 Å². The molecule has 2 bridgehead atoms. The molecule has 1 aromatic heterocycles. The van der Waals surface area contributed by atoms with E-state index in [0.717, 1.165) is 42.8 Å². The summed E-state index contributed by atoms with van der Waals surface area (Å²) in [7, 11) is 0. The molecule has 18 heavy (non-hydrogen) atoms. The van der Waals surface area contributed by atoms with Gasteiger partial charge in [-0.15, -0.1) is 5.92 Å². The molecular weight excluding hydrogens is 224 g/mol. The minimum atomic E-state index is 0.521. The number of ether oxygens (including phenoxy) is 1. The van der Waals surface area contributed by atoms with Gasteiger partial charge in [-0.25, -0.2) is 0 Å². The van der Waals surface area contributed by atoms with Gasteiger partial charge in [0, 0.05) is 12.8 Å². The summed E-state index contributed by atoms with van der Waals surface area (Å²) in [6.07, 6.45) is 6.26. The Morgan fingerprint density at radius 2 is 2.06 bits per heavy atom. The van der Waals surface area contributed by atoms with Crippen molar-refractivity contribution in [3.05, 3.63) is 28.7 Å². The van der Waals surface area contributed by atoms with E-state index in [9.17, 15) is 0 Å². The molecule has 0 fully saturated rings. The van der Waals surface area contributed by atoms with Gasteiger partial charge < -0.3 is 9.15 Å². The summed E-state index contributed by atoms with van der Waals surface area (Å²) in [6.45, 7) is 5.30. The first-order valence-corrected chi connectivity index (χ1v) is 6.55. The summed E-state index contributed by atoms with van der Waals surface area (Å²) < 4.78 is 11.3. The van der Waals surface area contributed by atoms with Crippen molar-refractivity contribution in [3.63, 3.8) is 0 Å². The van der Waals surface area contributed by atoms with Crippen molar-refractivity contribution in [2.24, 2.45) is 0 Å². The molecule has 1 aliphatic rings. The van der Waals surface area contributed by atoms with E-state index < -0.39 is 0 Å². The number of hydrogen-bond acceptors (Lipinski definition) is 2.